The van der Waals surface area contributed by atoms with Gasteiger partial charge in [-0.05, 0) is 42.2 Å². The van der Waals surface area contributed by atoms with E-state index in [0.29, 0.717) is 24.3 Å². The predicted molar refractivity (Wildman–Crippen MR) is 75.4 cm³/mol. The topological polar surface area (TPSA) is 17.1 Å². The van der Waals surface area contributed by atoms with Crippen LogP contribution in [0.1, 0.15) is 45.6 Å². The van der Waals surface area contributed by atoms with E-state index in [2.05, 4.69) is 20.8 Å². The lowest BCUT2D eigenvalue weighted by Crippen LogP contribution is -2.33. The molecular weight excluding hydrogens is 258 g/mol. The average molecular weight is 280 g/mol. The quantitative estimate of drug-likeness (QED) is 0.777. The van der Waals surface area contributed by atoms with Gasteiger partial charge in [0.2, 0.25) is 0 Å². The van der Waals surface area contributed by atoms with Gasteiger partial charge in [0.25, 0.3) is 0 Å². The van der Waals surface area contributed by atoms with Crippen molar-refractivity contribution >= 4 is 5.78 Å². The molecule has 1 aliphatic carbocycles. The first kappa shape index (κ1) is 15.1. The summed E-state index contributed by atoms with van der Waals surface area (Å²) < 4.78 is 27.0. The largest absolute Gasteiger partial charge is 0.299 e. The number of rotatable bonds is 2. The summed E-state index contributed by atoms with van der Waals surface area (Å²) in [4.78, 5) is 12.1. The first-order valence-corrected chi connectivity index (χ1v) is 7.24. The van der Waals surface area contributed by atoms with Crippen molar-refractivity contribution in [3.63, 3.8) is 0 Å². The molecule has 0 amide bonds. The maximum Gasteiger partial charge on any atom is 0.162 e. The first-order chi connectivity index (χ1) is 9.29. The molecule has 0 N–H and O–H groups in total. The van der Waals surface area contributed by atoms with Gasteiger partial charge >= 0.3 is 0 Å². The molecule has 1 aromatic rings. The number of hydrogen-bond donors (Lipinski definition) is 0. The number of Topliss-reactive ketones (excluding diaryl/α,β-unsaturated/α-hetero) is 1. The lowest BCUT2D eigenvalue weighted by atomic mass is 9.67. The average Bonchev–Trinajstić information content (AvgIpc) is 2.36. The van der Waals surface area contributed by atoms with Crippen molar-refractivity contribution in [3.05, 3.63) is 35.4 Å². The summed E-state index contributed by atoms with van der Waals surface area (Å²) in [6.07, 6.45) is 2.56. The van der Waals surface area contributed by atoms with Crippen LogP contribution >= 0.6 is 0 Å². The highest BCUT2D eigenvalue weighted by Crippen LogP contribution is 2.40. The molecule has 1 aliphatic rings. The lowest BCUT2D eigenvalue weighted by molar-refractivity contribution is -0.126. The standard InChI is InChI=1S/C17H22F2O/c1-17(2,3)13-7-8-15(20)12(10-13)9-11-5-4-6-14(18)16(11)19/h4-6,12-13H,7-10H2,1-3H3. The third-order valence-electron chi connectivity index (χ3n) is 4.49. The molecule has 0 aromatic heterocycles. The van der Waals surface area contributed by atoms with E-state index < -0.39 is 11.6 Å². The molecule has 2 rings (SSSR count). The molecule has 3 heteroatoms. The van der Waals surface area contributed by atoms with E-state index in [9.17, 15) is 13.6 Å². The van der Waals surface area contributed by atoms with Crippen LogP contribution < -0.4 is 0 Å². The Morgan fingerprint density at radius 3 is 2.60 bits per heavy atom. The summed E-state index contributed by atoms with van der Waals surface area (Å²) in [5, 5.41) is 0. The molecule has 0 bridgehead atoms. The minimum atomic E-state index is -0.835. The number of ketones is 1. The zero-order valence-corrected chi connectivity index (χ0v) is 12.4. The van der Waals surface area contributed by atoms with Crippen molar-refractivity contribution in [2.45, 2.75) is 46.5 Å². The Labute approximate surface area is 119 Å². The van der Waals surface area contributed by atoms with Crippen molar-refractivity contribution in [1.82, 2.24) is 0 Å². The Bertz CT molecular complexity index is 502. The van der Waals surface area contributed by atoms with Crippen LogP contribution in [0.5, 0.6) is 0 Å². The maximum absolute atomic E-state index is 13.7. The SMILES string of the molecule is CC(C)(C)C1CCC(=O)C(Cc2cccc(F)c2F)C1. The molecule has 2 atom stereocenters. The summed E-state index contributed by atoms with van der Waals surface area (Å²) in [6.45, 7) is 6.52. The summed E-state index contributed by atoms with van der Waals surface area (Å²) in [6, 6.07) is 4.19. The van der Waals surface area contributed by atoms with Crippen molar-refractivity contribution in [2.75, 3.05) is 0 Å². The number of carbonyl (C=O) groups is 1. The Kier molecular flexibility index (Phi) is 4.26. The van der Waals surface area contributed by atoms with Gasteiger partial charge in [-0.1, -0.05) is 32.9 Å². The fourth-order valence-electron chi connectivity index (χ4n) is 3.07. The molecule has 2 unspecified atom stereocenters. The zero-order valence-electron chi connectivity index (χ0n) is 12.4. The maximum atomic E-state index is 13.7. The van der Waals surface area contributed by atoms with Crippen LogP contribution in [0, 0.1) is 28.9 Å². The molecule has 20 heavy (non-hydrogen) atoms. The zero-order chi connectivity index (χ0) is 14.9. The molecule has 0 saturated heterocycles. The van der Waals surface area contributed by atoms with Gasteiger partial charge in [-0.25, -0.2) is 8.78 Å². The Morgan fingerprint density at radius 2 is 1.95 bits per heavy atom. The second kappa shape index (κ2) is 5.63. The van der Waals surface area contributed by atoms with Crippen LogP contribution in [0.25, 0.3) is 0 Å². The van der Waals surface area contributed by atoms with Crippen LogP contribution in [0.4, 0.5) is 8.78 Å². The van der Waals surface area contributed by atoms with Gasteiger partial charge in [-0.2, -0.15) is 0 Å². The third kappa shape index (κ3) is 3.25. The number of benzene rings is 1. The Hall–Kier alpha value is -1.25. The Balaban J connectivity index is 2.15. The Morgan fingerprint density at radius 1 is 1.25 bits per heavy atom. The summed E-state index contributed by atoms with van der Waals surface area (Å²) >= 11 is 0. The highest BCUT2D eigenvalue weighted by molar-refractivity contribution is 5.82. The fourth-order valence-corrected chi connectivity index (χ4v) is 3.07. The summed E-state index contributed by atoms with van der Waals surface area (Å²) in [5.41, 5.74) is 0.470. The molecule has 1 nitrogen and oxygen atoms in total. The fraction of sp³-hybridized carbons (Fsp3) is 0.588. The van der Waals surface area contributed by atoms with Crippen LogP contribution in [-0.2, 0) is 11.2 Å². The number of halogens is 2. The molecular formula is C17H22F2O. The second-order valence-corrected chi connectivity index (χ2v) is 6.92. The normalized spacial score (nSPS) is 23.9. The van der Waals surface area contributed by atoms with Crippen molar-refractivity contribution in [3.8, 4) is 0 Å². The van der Waals surface area contributed by atoms with E-state index in [-0.39, 0.29) is 17.1 Å². The van der Waals surface area contributed by atoms with Gasteiger partial charge < -0.3 is 0 Å². The summed E-state index contributed by atoms with van der Waals surface area (Å²) in [5.74, 6) is -1.17. The minimum Gasteiger partial charge on any atom is -0.299 e. The lowest BCUT2D eigenvalue weighted by Gasteiger charge is -2.37. The third-order valence-corrected chi connectivity index (χ3v) is 4.49. The highest BCUT2D eigenvalue weighted by Gasteiger charge is 2.35. The highest BCUT2D eigenvalue weighted by atomic mass is 19.2. The first-order valence-electron chi connectivity index (χ1n) is 7.24. The van der Waals surface area contributed by atoms with Crippen molar-refractivity contribution in [1.29, 1.82) is 0 Å². The molecule has 1 fully saturated rings. The van der Waals surface area contributed by atoms with E-state index in [1.807, 2.05) is 0 Å². The van der Waals surface area contributed by atoms with Gasteiger partial charge in [0, 0.05) is 12.3 Å². The molecule has 1 saturated carbocycles. The monoisotopic (exact) mass is 280 g/mol. The van der Waals surface area contributed by atoms with Crippen molar-refractivity contribution in [2.24, 2.45) is 17.3 Å². The van der Waals surface area contributed by atoms with Crippen LogP contribution in [-0.4, -0.2) is 5.78 Å². The van der Waals surface area contributed by atoms with Gasteiger partial charge in [-0.3, -0.25) is 4.79 Å². The van der Waals surface area contributed by atoms with E-state index in [1.54, 1.807) is 6.07 Å². The van der Waals surface area contributed by atoms with E-state index in [4.69, 9.17) is 0 Å². The molecule has 0 aliphatic heterocycles. The van der Waals surface area contributed by atoms with Gasteiger partial charge in [0.1, 0.15) is 5.78 Å². The van der Waals surface area contributed by atoms with Crippen LogP contribution in [0.3, 0.4) is 0 Å². The minimum absolute atomic E-state index is 0.152. The molecule has 1 aromatic carbocycles. The van der Waals surface area contributed by atoms with Crippen LogP contribution in [0.15, 0.2) is 18.2 Å². The van der Waals surface area contributed by atoms with Crippen LogP contribution in [0.2, 0.25) is 0 Å². The van der Waals surface area contributed by atoms with E-state index in [0.717, 1.165) is 18.9 Å². The molecule has 0 radical (unpaired) electrons. The molecule has 110 valence electrons. The predicted octanol–water partition coefficient (Wildman–Crippen LogP) is 4.54. The van der Waals surface area contributed by atoms with Gasteiger partial charge in [0.05, 0.1) is 0 Å². The van der Waals surface area contributed by atoms with Gasteiger partial charge in [0.15, 0.2) is 11.6 Å². The van der Waals surface area contributed by atoms with E-state index in [1.165, 1.54) is 6.07 Å². The number of hydrogen-bond acceptors (Lipinski definition) is 1. The van der Waals surface area contributed by atoms with Crippen molar-refractivity contribution < 1.29 is 13.6 Å². The summed E-state index contributed by atoms with van der Waals surface area (Å²) in [7, 11) is 0. The number of carbonyl (C=O) groups excluding carboxylic acids is 1. The molecule has 0 heterocycles. The molecule has 0 spiro atoms. The second-order valence-electron chi connectivity index (χ2n) is 6.92. The van der Waals surface area contributed by atoms with E-state index >= 15 is 0 Å². The van der Waals surface area contributed by atoms with Gasteiger partial charge in [-0.15, -0.1) is 0 Å². The smallest absolute Gasteiger partial charge is 0.162 e.